The van der Waals surface area contributed by atoms with E-state index in [2.05, 4.69) is 20.8 Å². The highest BCUT2D eigenvalue weighted by Crippen LogP contribution is 2.40. The lowest BCUT2D eigenvalue weighted by molar-refractivity contribution is -0.140. The van der Waals surface area contributed by atoms with Gasteiger partial charge in [0.2, 0.25) is 0 Å². The van der Waals surface area contributed by atoms with Gasteiger partial charge in [-0.25, -0.2) is 0 Å². The lowest BCUT2D eigenvalue weighted by Crippen LogP contribution is -2.36. The van der Waals surface area contributed by atoms with Crippen LogP contribution in [0, 0.1) is 0 Å². The summed E-state index contributed by atoms with van der Waals surface area (Å²) in [5.74, 6) is -0.827. The maximum absolute atomic E-state index is 13.2. The van der Waals surface area contributed by atoms with E-state index in [1.165, 1.54) is 0 Å². The average Bonchev–Trinajstić information content (AvgIpc) is 3.40. The van der Waals surface area contributed by atoms with Crippen molar-refractivity contribution in [3.8, 4) is 5.75 Å². The predicted octanol–water partition coefficient (Wildman–Crippen LogP) is 4.59. The number of Topliss-reactive ketones (excluding diaryl/α,β-unsaturated/α-hetero) is 1. The van der Waals surface area contributed by atoms with Crippen molar-refractivity contribution in [3.05, 3.63) is 70.8 Å². The van der Waals surface area contributed by atoms with Gasteiger partial charge in [0.15, 0.2) is 0 Å². The van der Waals surface area contributed by atoms with Gasteiger partial charge in [0.25, 0.3) is 11.7 Å². The summed E-state index contributed by atoms with van der Waals surface area (Å²) in [7, 11) is 1.56. The molecule has 0 aliphatic carbocycles. The monoisotopic (exact) mass is 449 g/mol. The fourth-order valence-electron chi connectivity index (χ4n) is 4.49. The highest BCUT2D eigenvalue weighted by atomic mass is 16.5. The van der Waals surface area contributed by atoms with Gasteiger partial charge >= 0.3 is 0 Å². The average molecular weight is 450 g/mol. The largest absolute Gasteiger partial charge is 0.507 e. The first-order valence-electron chi connectivity index (χ1n) is 11.4. The van der Waals surface area contributed by atoms with Crippen LogP contribution in [0.1, 0.15) is 56.3 Å². The third-order valence-corrected chi connectivity index (χ3v) is 6.42. The molecule has 0 spiro atoms. The van der Waals surface area contributed by atoms with Crippen LogP contribution in [0.2, 0.25) is 0 Å². The number of methoxy groups -OCH3 is 1. The summed E-state index contributed by atoms with van der Waals surface area (Å²) in [4.78, 5) is 27.8. The summed E-state index contributed by atoms with van der Waals surface area (Å²) < 4.78 is 10.9. The molecular formula is C27H31NO5. The van der Waals surface area contributed by atoms with Gasteiger partial charge in [-0.3, -0.25) is 9.59 Å². The fourth-order valence-corrected chi connectivity index (χ4v) is 4.49. The molecule has 4 rings (SSSR count). The maximum Gasteiger partial charge on any atom is 0.295 e. The Hall–Kier alpha value is -3.12. The van der Waals surface area contributed by atoms with Crippen LogP contribution in [-0.4, -0.2) is 48.1 Å². The summed E-state index contributed by atoms with van der Waals surface area (Å²) in [6.07, 6.45) is 1.67. The van der Waals surface area contributed by atoms with Gasteiger partial charge in [-0.1, -0.05) is 45.0 Å². The highest BCUT2D eigenvalue weighted by Gasteiger charge is 2.47. The van der Waals surface area contributed by atoms with Gasteiger partial charge in [0.1, 0.15) is 11.5 Å². The maximum atomic E-state index is 13.2. The van der Waals surface area contributed by atoms with E-state index in [1.807, 2.05) is 24.3 Å². The Morgan fingerprint density at radius 3 is 2.30 bits per heavy atom. The van der Waals surface area contributed by atoms with Crippen molar-refractivity contribution in [2.24, 2.45) is 0 Å². The molecule has 2 aliphatic heterocycles. The van der Waals surface area contributed by atoms with Crippen LogP contribution in [0.4, 0.5) is 0 Å². The quantitative estimate of drug-likeness (QED) is 0.410. The molecule has 2 saturated heterocycles. The zero-order valence-corrected chi connectivity index (χ0v) is 19.6. The van der Waals surface area contributed by atoms with E-state index < -0.39 is 17.7 Å². The Labute approximate surface area is 194 Å². The van der Waals surface area contributed by atoms with E-state index >= 15 is 0 Å². The second-order valence-electron chi connectivity index (χ2n) is 9.69. The second-order valence-corrected chi connectivity index (χ2v) is 9.69. The number of benzene rings is 2. The molecule has 0 radical (unpaired) electrons. The van der Waals surface area contributed by atoms with Crippen molar-refractivity contribution < 1.29 is 24.2 Å². The minimum absolute atomic E-state index is 0.0267. The van der Waals surface area contributed by atoms with Crippen molar-refractivity contribution in [1.82, 2.24) is 4.90 Å². The molecule has 1 N–H and O–H groups in total. The zero-order valence-electron chi connectivity index (χ0n) is 19.6. The number of carbonyl (C=O) groups is 2. The summed E-state index contributed by atoms with van der Waals surface area (Å²) in [6.45, 7) is 7.38. The summed E-state index contributed by atoms with van der Waals surface area (Å²) >= 11 is 0. The Morgan fingerprint density at radius 1 is 1.09 bits per heavy atom. The van der Waals surface area contributed by atoms with Crippen LogP contribution in [-0.2, 0) is 19.7 Å². The number of carbonyl (C=O) groups excluding carboxylic acids is 2. The van der Waals surface area contributed by atoms with Crippen molar-refractivity contribution in [2.75, 3.05) is 20.3 Å². The van der Waals surface area contributed by atoms with Crippen LogP contribution < -0.4 is 4.74 Å². The molecule has 0 saturated carbocycles. The van der Waals surface area contributed by atoms with Crippen molar-refractivity contribution in [1.29, 1.82) is 0 Å². The number of ether oxygens (including phenoxy) is 2. The van der Waals surface area contributed by atoms with E-state index in [4.69, 9.17) is 9.47 Å². The molecule has 2 heterocycles. The molecule has 0 bridgehead atoms. The van der Waals surface area contributed by atoms with Gasteiger partial charge in [-0.05, 0) is 53.6 Å². The van der Waals surface area contributed by atoms with Crippen molar-refractivity contribution >= 4 is 17.4 Å². The van der Waals surface area contributed by atoms with Crippen molar-refractivity contribution in [3.63, 3.8) is 0 Å². The van der Waals surface area contributed by atoms with Gasteiger partial charge < -0.3 is 19.5 Å². The number of hydrogen-bond donors (Lipinski definition) is 1. The SMILES string of the molecule is COc1ccc(C(O)=C2C(=O)C(=O)N(C[C@H]3CCCO3)[C@@H]2c2ccc(C(C)(C)C)cc2)cc1. The van der Waals surface area contributed by atoms with Gasteiger partial charge in [0.05, 0.1) is 24.8 Å². The van der Waals surface area contributed by atoms with Gasteiger partial charge in [0, 0.05) is 18.7 Å². The molecule has 0 unspecified atom stereocenters. The van der Waals surface area contributed by atoms with Crippen LogP contribution in [0.3, 0.4) is 0 Å². The molecule has 2 aliphatic rings. The summed E-state index contributed by atoms with van der Waals surface area (Å²) in [5.41, 5.74) is 2.47. The van der Waals surface area contributed by atoms with E-state index in [1.54, 1.807) is 36.3 Å². The third-order valence-electron chi connectivity index (χ3n) is 6.42. The number of ketones is 1. The Kier molecular flexibility index (Phi) is 6.30. The van der Waals surface area contributed by atoms with Gasteiger partial charge in [-0.15, -0.1) is 0 Å². The number of nitrogens with zero attached hydrogens (tertiary/aromatic N) is 1. The lowest BCUT2D eigenvalue weighted by Gasteiger charge is -2.28. The number of amides is 1. The first-order chi connectivity index (χ1) is 15.7. The highest BCUT2D eigenvalue weighted by molar-refractivity contribution is 6.46. The topological polar surface area (TPSA) is 76.1 Å². The number of likely N-dealkylation sites (tertiary alicyclic amines) is 1. The van der Waals surface area contributed by atoms with E-state index in [0.717, 1.165) is 24.0 Å². The first-order valence-corrected chi connectivity index (χ1v) is 11.4. The van der Waals surface area contributed by atoms with Crippen LogP contribution in [0.15, 0.2) is 54.1 Å². The van der Waals surface area contributed by atoms with Crippen LogP contribution in [0.25, 0.3) is 5.76 Å². The number of aliphatic hydroxyl groups is 1. The van der Waals surface area contributed by atoms with Crippen LogP contribution in [0.5, 0.6) is 5.75 Å². The first kappa shape index (κ1) is 23.1. The Bertz CT molecular complexity index is 1060. The summed E-state index contributed by atoms with van der Waals surface area (Å²) in [6, 6.07) is 14.1. The molecular weight excluding hydrogens is 418 g/mol. The molecule has 2 atom stereocenters. The standard InChI is InChI=1S/C27H31NO5/c1-27(2,3)19-11-7-17(8-12-19)23-22(24(29)18-9-13-20(32-4)14-10-18)25(30)26(31)28(23)16-21-6-5-15-33-21/h7-14,21,23,29H,5-6,15-16H2,1-4H3/t21-,23-/m1/s1. The molecule has 1 amide bonds. The Balaban J connectivity index is 1.80. The molecule has 2 aromatic carbocycles. The van der Waals surface area contributed by atoms with Crippen LogP contribution >= 0.6 is 0 Å². The van der Waals surface area contributed by atoms with Crippen molar-refractivity contribution in [2.45, 2.75) is 51.2 Å². The molecule has 2 aromatic rings. The zero-order chi connectivity index (χ0) is 23.8. The smallest absolute Gasteiger partial charge is 0.295 e. The molecule has 33 heavy (non-hydrogen) atoms. The number of aliphatic hydroxyl groups excluding tert-OH is 1. The molecule has 2 fully saturated rings. The third kappa shape index (κ3) is 4.53. The minimum atomic E-state index is -0.676. The number of rotatable bonds is 5. The van der Waals surface area contributed by atoms with E-state index in [-0.39, 0.29) is 22.9 Å². The Morgan fingerprint density at radius 2 is 1.76 bits per heavy atom. The molecule has 174 valence electrons. The minimum Gasteiger partial charge on any atom is -0.507 e. The fraction of sp³-hybridized carbons (Fsp3) is 0.407. The normalized spacial score (nSPS) is 22.7. The van der Waals surface area contributed by atoms with E-state index in [9.17, 15) is 14.7 Å². The lowest BCUT2D eigenvalue weighted by atomic mass is 9.85. The van der Waals surface area contributed by atoms with Gasteiger partial charge in [-0.2, -0.15) is 0 Å². The number of hydrogen-bond acceptors (Lipinski definition) is 5. The second kappa shape index (κ2) is 9.02. The predicted molar refractivity (Wildman–Crippen MR) is 126 cm³/mol. The molecule has 0 aromatic heterocycles. The molecule has 6 nitrogen and oxygen atoms in total. The molecule has 6 heteroatoms. The van der Waals surface area contributed by atoms with E-state index in [0.29, 0.717) is 24.5 Å². The summed E-state index contributed by atoms with van der Waals surface area (Å²) in [5, 5.41) is 11.2.